The summed E-state index contributed by atoms with van der Waals surface area (Å²) in [6.07, 6.45) is 4.75. The Balaban J connectivity index is 1.44. The minimum Gasteiger partial charge on any atom is -0.461 e. The highest BCUT2D eigenvalue weighted by molar-refractivity contribution is 5.83. The van der Waals surface area contributed by atoms with Gasteiger partial charge in [0.1, 0.15) is 29.1 Å². The van der Waals surface area contributed by atoms with Crippen LogP contribution >= 0.6 is 0 Å². The quantitative estimate of drug-likeness (QED) is 0.380. The van der Waals surface area contributed by atoms with Gasteiger partial charge in [0.25, 0.3) is 5.56 Å². The van der Waals surface area contributed by atoms with E-state index in [4.69, 9.17) is 10.5 Å². The van der Waals surface area contributed by atoms with Crippen molar-refractivity contribution in [3.8, 4) is 5.69 Å². The van der Waals surface area contributed by atoms with Crippen molar-refractivity contribution in [3.63, 3.8) is 0 Å². The van der Waals surface area contributed by atoms with E-state index in [1.807, 2.05) is 26.0 Å². The zero-order chi connectivity index (χ0) is 27.4. The van der Waals surface area contributed by atoms with E-state index >= 15 is 0 Å². The van der Waals surface area contributed by atoms with Gasteiger partial charge < -0.3 is 15.8 Å². The fourth-order valence-electron chi connectivity index (χ4n) is 4.66. The molecule has 1 aliphatic carbocycles. The molecule has 0 radical (unpaired) electrons. The third-order valence-electron chi connectivity index (χ3n) is 6.97. The molecule has 38 heavy (non-hydrogen) atoms. The Labute approximate surface area is 221 Å². The Kier molecular flexibility index (Phi) is 8.11. The minimum absolute atomic E-state index is 0.0253. The summed E-state index contributed by atoms with van der Waals surface area (Å²) in [7, 11) is 0. The summed E-state index contributed by atoms with van der Waals surface area (Å²) in [5.41, 5.74) is 7.45. The number of hydrogen-bond donors (Lipinski definition) is 2. The van der Waals surface area contributed by atoms with Crippen LogP contribution in [0.1, 0.15) is 56.2 Å². The van der Waals surface area contributed by atoms with Crippen molar-refractivity contribution in [2.75, 3.05) is 12.3 Å². The molecule has 1 aliphatic rings. The fourth-order valence-corrected chi connectivity index (χ4v) is 4.66. The lowest BCUT2D eigenvalue weighted by Gasteiger charge is -2.26. The number of hydrogen-bond acceptors (Lipinski definition) is 5. The van der Waals surface area contributed by atoms with Crippen molar-refractivity contribution in [1.29, 1.82) is 0 Å². The third-order valence-corrected chi connectivity index (χ3v) is 6.97. The number of benzene rings is 2. The van der Waals surface area contributed by atoms with E-state index in [1.165, 1.54) is 22.8 Å². The number of nitrogen functional groups attached to an aromatic ring is 1. The molecule has 0 spiro atoms. The van der Waals surface area contributed by atoms with Gasteiger partial charge in [-0.05, 0) is 87.4 Å². The number of carbonyl (C=O) groups excluding carboxylic acids is 1. The summed E-state index contributed by atoms with van der Waals surface area (Å²) in [6, 6.07) is 13.3. The number of carbonyl (C=O) groups is 1. The average Bonchev–Trinajstić information content (AvgIpc) is 3.38. The summed E-state index contributed by atoms with van der Waals surface area (Å²) in [5, 5.41) is 3.28. The zero-order valence-electron chi connectivity index (χ0n) is 21.7. The predicted octanol–water partition coefficient (Wildman–Crippen LogP) is 5.16. The highest BCUT2D eigenvalue weighted by atomic mass is 19.1. The molecule has 1 aromatic heterocycles. The van der Waals surface area contributed by atoms with Crippen LogP contribution in [0.25, 0.3) is 11.3 Å². The van der Waals surface area contributed by atoms with Gasteiger partial charge in [0.05, 0.1) is 5.69 Å². The molecule has 6 nitrogen and oxygen atoms in total. The van der Waals surface area contributed by atoms with E-state index in [0.717, 1.165) is 43.4 Å². The number of aromatic nitrogens is 1. The number of anilines is 1. The first-order valence-corrected chi connectivity index (χ1v) is 12.8. The number of nitrogens with one attached hydrogen (secondary N) is 1. The molecule has 0 bridgehead atoms. The smallest absolute Gasteiger partial charge is 0.326 e. The van der Waals surface area contributed by atoms with Gasteiger partial charge in [-0.15, -0.1) is 0 Å². The predicted molar refractivity (Wildman–Crippen MR) is 145 cm³/mol. The zero-order valence-corrected chi connectivity index (χ0v) is 21.7. The molecule has 4 rings (SSSR count). The molecule has 8 heteroatoms. The van der Waals surface area contributed by atoms with Crippen molar-refractivity contribution in [3.05, 3.63) is 99.9 Å². The molecule has 3 N–H and O–H groups in total. The summed E-state index contributed by atoms with van der Waals surface area (Å²) >= 11 is 0. The summed E-state index contributed by atoms with van der Waals surface area (Å²) < 4.78 is 34.6. The highest BCUT2D eigenvalue weighted by Gasteiger charge is 2.31. The standard InChI is InChI=1S/C30H33F2N3O3/c1-19(24-13-10-21(31)18-26(24)32)25-14-15-27(36)35(28(25)33)22-11-8-20(9-12-22)16-17-34-30(2,3)29(37)38-23-6-4-5-7-23/h8-15,18,23,34H,1,4-7,16-17,33H2,2-3H3. The molecule has 1 heterocycles. The van der Waals surface area contributed by atoms with Gasteiger partial charge in [-0.3, -0.25) is 14.2 Å². The SMILES string of the molecule is C=C(c1ccc(F)cc1F)c1ccc(=O)n(-c2ccc(CCNC(C)(C)C(=O)OC3CCCC3)cc2)c1N. The van der Waals surface area contributed by atoms with E-state index in [-0.39, 0.29) is 34.6 Å². The lowest BCUT2D eigenvalue weighted by Crippen LogP contribution is -2.49. The maximum atomic E-state index is 14.3. The summed E-state index contributed by atoms with van der Waals surface area (Å²) in [6.45, 7) is 8.13. The molecular formula is C30H33F2N3O3. The number of nitrogens with zero attached hydrogens (tertiary/aromatic N) is 1. The normalized spacial score (nSPS) is 14.0. The Morgan fingerprint density at radius 1 is 1.08 bits per heavy atom. The molecule has 200 valence electrons. The minimum atomic E-state index is -0.795. The van der Waals surface area contributed by atoms with Gasteiger partial charge >= 0.3 is 5.97 Å². The lowest BCUT2D eigenvalue weighted by molar-refractivity contribution is -0.155. The summed E-state index contributed by atoms with van der Waals surface area (Å²) in [5.74, 6) is -1.60. The first kappa shape index (κ1) is 27.3. The highest BCUT2D eigenvalue weighted by Crippen LogP contribution is 2.29. The van der Waals surface area contributed by atoms with Gasteiger partial charge in [0, 0.05) is 29.8 Å². The van der Waals surface area contributed by atoms with Gasteiger partial charge in [0.15, 0.2) is 0 Å². The van der Waals surface area contributed by atoms with Crippen LogP contribution < -0.4 is 16.6 Å². The van der Waals surface area contributed by atoms with Crippen molar-refractivity contribution in [2.24, 2.45) is 0 Å². The second-order valence-corrected chi connectivity index (χ2v) is 10.2. The van der Waals surface area contributed by atoms with E-state index in [2.05, 4.69) is 11.9 Å². The maximum absolute atomic E-state index is 14.3. The Morgan fingerprint density at radius 2 is 1.74 bits per heavy atom. The van der Waals surface area contributed by atoms with E-state index < -0.39 is 17.2 Å². The molecule has 0 aliphatic heterocycles. The molecule has 0 amide bonds. The monoisotopic (exact) mass is 521 g/mol. The van der Waals surface area contributed by atoms with Crippen LogP contribution in [-0.2, 0) is 16.0 Å². The molecule has 0 atom stereocenters. The third kappa shape index (κ3) is 6.02. The van der Waals surface area contributed by atoms with Crippen molar-refractivity contribution in [1.82, 2.24) is 9.88 Å². The second kappa shape index (κ2) is 11.3. The molecule has 0 saturated heterocycles. The first-order valence-electron chi connectivity index (χ1n) is 12.8. The summed E-state index contributed by atoms with van der Waals surface area (Å²) in [4.78, 5) is 25.2. The van der Waals surface area contributed by atoms with E-state index in [0.29, 0.717) is 24.2 Å². The van der Waals surface area contributed by atoms with Gasteiger partial charge in [0.2, 0.25) is 0 Å². The van der Waals surface area contributed by atoms with Crippen LogP contribution in [0.4, 0.5) is 14.6 Å². The average molecular weight is 522 g/mol. The number of halogens is 2. The Hall–Kier alpha value is -3.78. The molecule has 1 fully saturated rings. The van der Waals surface area contributed by atoms with Crippen LogP contribution in [0.2, 0.25) is 0 Å². The number of rotatable bonds is 9. The van der Waals surface area contributed by atoms with Gasteiger partial charge in [-0.25, -0.2) is 8.78 Å². The van der Waals surface area contributed by atoms with Crippen molar-refractivity contribution in [2.45, 2.75) is 57.6 Å². The molecular weight excluding hydrogens is 488 g/mol. The van der Waals surface area contributed by atoms with E-state index in [9.17, 15) is 18.4 Å². The Morgan fingerprint density at radius 3 is 2.39 bits per heavy atom. The second-order valence-electron chi connectivity index (χ2n) is 10.2. The number of nitrogens with two attached hydrogens (primary N) is 1. The first-order chi connectivity index (χ1) is 18.1. The molecule has 3 aromatic rings. The number of esters is 1. The van der Waals surface area contributed by atoms with Gasteiger partial charge in [-0.2, -0.15) is 0 Å². The van der Waals surface area contributed by atoms with Crippen LogP contribution in [-0.4, -0.2) is 28.7 Å². The number of pyridine rings is 1. The van der Waals surface area contributed by atoms with Gasteiger partial charge in [-0.1, -0.05) is 18.7 Å². The maximum Gasteiger partial charge on any atom is 0.326 e. The number of ether oxygens (including phenoxy) is 1. The van der Waals surface area contributed by atoms with Crippen LogP contribution in [0, 0.1) is 11.6 Å². The van der Waals surface area contributed by atoms with Crippen molar-refractivity contribution >= 4 is 17.4 Å². The van der Waals surface area contributed by atoms with Crippen LogP contribution in [0.3, 0.4) is 0 Å². The van der Waals surface area contributed by atoms with Crippen LogP contribution in [0.15, 0.2) is 66.0 Å². The fraction of sp³-hybridized carbons (Fsp3) is 0.333. The topological polar surface area (TPSA) is 86.3 Å². The molecule has 2 aromatic carbocycles. The molecule has 0 unspecified atom stereocenters. The van der Waals surface area contributed by atoms with Crippen molar-refractivity contribution < 1.29 is 18.3 Å². The lowest BCUT2D eigenvalue weighted by atomic mass is 9.99. The molecule has 1 saturated carbocycles. The van der Waals surface area contributed by atoms with E-state index in [1.54, 1.807) is 12.1 Å². The Bertz CT molecular complexity index is 1390. The largest absolute Gasteiger partial charge is 0.461 e. The van der Waals surface area contributed by atoms with Crippen LogP contribution in [0.5, 0.6) is 0 Å².